The third-order valence-electron chi connectivity index (χ3n) is 3.21. The third-order valence-corrected chi connectivity index (χ3v) is 4.43. The highest BCUT2D eigenvalue weighted by Gasteiger charge is 2.20. The minimum Gasteiger partial charge on any atom is -0.494 e. The average molecular weight is 468 g/mol. The SMILES string of the molecule is COc1c(Cl)cc(Cl)cc1C(=O)NC(=S)Nc1c(Cl)cc(Cl)cc1C(=O)O. The Morgan fingerprint density at radius 3 is 2.11 bits per heavy atom. The molecule has 6 nitrogen and oxygen atoms in total. The molecule has 142 valence electrons. The van der Waals surface area contributed by atoms with E-state index < -0.39 is 11.9 Å². The molecule has 0 saturated carbocycles. The van der Waals surface area contributed by atoms with Crippen LogP contribution in [0.1, 0.15) is 20.7 Å². The highest BCUT2D eigenvalue weighted by Crippen LogP contribution is 2.33. The molecule has 0 aliphatic rings. The van der Waals surface area contributed by atoms with E-state index in [0.717, 1.165) is 0 Å². The number of thiocarbonyl (C=S) groups is 1. The van der Waals surface area contributed by atoms with Crippen molar-refractivity contribution in [3.05, 3.63) is 55.5 Å². The lowest BCUT2D eigenvalue weighted by atomic mass is 10.1. The lowest BCUT2D eigenvalue weighted by Gasteiger charge is -2.15. The summed E-state index contributed by atoms with van der Waals surface area (Å²) >= 11 is 28.8. The van der Waals surface area contributed by atoms with Crippen molar-refractivity contribution in [3.63, 3.8) is 0 Å². The molecule has 0 radical (unpaired) electrons. The number of rotatable bonds is 4. The van der Waals surface area contributed by atoms with E-state index >= 15 is 0 Å². The van der Waals surface area contributed by atoms with Gasteiger partial charge in [0.05, 0.1) is 34.0 Å². The number of benzene rings is 2. The number of methoxy groups -OCH3 is 1. The number of hydrogen-bond acceptors (Lipinski definition) is 4. The summed E-state index contributed by atoms with van der Waals surface area (Å²) in [6.07, 6.45) is 0. The van der Waals surface area contributed by atoms with Crippen LogP contribution in [0.3, 0.4) is 0 Å². The highest BCUT2D eigenvalue weighted by atomic mass is 35.5. The standard InChI is InChI=1S/C16H10Cl4N2O4S/c1-26-13-9(3-7(18)5-11(13)20)14(23)22-16(27)21-12-8(15(24)25)2-6(17)4-10(12)19/h2-5H,1H3,(H,24,25)(H2,21,22,23,27). The molecule has 0 atom stereocenters. The molecule has 3 N–H and O–H groups in total. The summed E-state index contributed by atoms with van der Waals surface area (Å²) in [5.74, 6) is -1.84. The minimum absolute atomic E-state index is 0.0138. The van der Waals surface area contributed by atoms with Gasteiger partial charge in [-0.25, -0.2) is 4.79 Å². The van der Waals surface area contributed by atoms with Gasteiger partial charge in [0.15, 0.2) is 5.11 Å². The number of carbonyl (C=O) groups is 2. The molecule has 0 fully saturated rings. The van der Waals surface area contributed by atoms with Crippen molar-refractivity contribution in [2.24, 2.45) is 0 Å². The number of amides is 1. The van der Waals surface area contributed by atoms with E-state index in [-0.39, 0.29) is 47.8 Å². The van der Waals surface area contributed by atoms with Crippen LogP contribution in [-0.2, 0) is 0 Å². The second kappa shape index (κ2) is 8.95. The van der Waals surface area contributed by atoms with Crippen molar-refractivity contribution in [3.8, 4) is 5.75 Å². The van der Waals surface area contributed by atoms with Crippen molar-refractivity contribution in [1.82, 2.24) is 5.32 Å². The summed E-state index contributed by atoms with van der Waals surface area (Å²) in [5, 5.41) is 14.5. The Kier molecular flexibility index (Phi) is 7.13. The second-order valence-electron chi connectivity index (χ2n) is 4.99. The molecule has 0 bridgehead atoms. The van der Waals surface area contributed by atoms with Gasteiger partial charge in [0.2, 0.25) is 0 Å². The largest absolute Gasteiger partial charge is 0.494 e. The van der Waals surface area contributed by atoms with Crippen molar-refractivity contribution < 1.29 is 19.4 Å². The van der Waals surface area contributed by atoms with Gasteiger partial charge in [-0.2, -0.15) is 0 Å². The molecule has 2 aromatic carbocycles. The van der Waals surface area contributed by atoms with Crippen LogP contribution in [0.25, 0.3) is 0 Å². The molecule has 0 aromatic heterocycles. The molecule has 0 aliphatic heterocycles. The van der Waals surface area contributed by atoms with E-state index in [4.69, 9.17) is 63.4 Å². The van der Waals surface area contributed by atoms with Gasteiger partial charge in [-0.1, -0.05) is 46.4 Å². The van der Waals surface area contributed by atoms with Crippen LogP contribution >= 0.6 is 58.6 Å². The number of hydrogen-bond donors (Lipinski definition) is 3. The fraction of sp³-hybridized carbons (Fsp3) is 0.0625. The lowest BCUT2D eigenvalue weighted by molar-refractivity contribution is 0.0697. The molecule has 0 unspecified atom stereocenters. The Bertz CT molecular complexity index is 953. The van der Waals surface area contributed by atoms with E-state index in [1.54, 1.807) is 0 Å². The zero-order valence-corrected chi connectivity index (χ0v) is 17.2. The number of nitrogens with one attached hydrogen (secondary N) is 2. The van der Waals surface area contributed by atoms with Crippen LogP contribution in [0.2, 0.25) is 20.1 Å². The number of carboxylic acids is 1. The number of carboxylic acid groups (broad SMARTS) is 1. The number of halogens is 4. The zero-order valence-electron chi connectivity index (χ0n) is 13.4. The molecular weight excluding hydrogens is 458 g/mol. The zero-order chi connectivity index (χ0) is 20.3. The Labute approximate surface area is 179 Å². The van der Waals surface area contributed by atoms with Gasteiger partial charge in [0, 0.05) is 10.0 Å². The van der Waals surface area contributed by atoms with Crippen LogP contribution in [-0.4, -0.2) is 29.2 Å². The molecule has 2 aromatic rings. The Morgan fingerprint density at radius 2 is 1.56 bits per heavy atom. The van der Waals surface area contributed by atoms with Crippen LogP contribution in [0.15, 0.2) is 24.3 Å². The molecule has 0 heterocycles. The van der Waals surface area contributed by atoms with Gasteiger partial charge in [-0.05, 0) is 36.5 Å². The lowest BCUT2D eigenvalue weighted by Crippen LogP contribution is -2.35. The fourth-order valence-electron chi connectivity index (χ4n) is 2.12. The molecule has 11 heteroatoms. The Balaban J connectivity index is 2.28. The van der Waals surface area contributed by atoms with Gasteiger partial charge >= 0.3 is 5.97 Å². The van der Waals surface area contributed by atoms with Gasteiger partial charge in [-0.3, -0.25) is 10.1 Å². The summed E-state index contributed by atoms with van der Waals surface area (Å²) < 4.78 is 5.11. The molecule has 27 heavy (non-hydrogen) atoms. The molecule has 0 aliphatic carbocycles. The summed E-state index contributed by atoms with van der Waals surface area (Å²) in [4.78, 5) is 23.9. The maximum atomic E-state index is 12.5. The van der Waals surface area contributed by atoms with Crippen molar-refractivity contribution >= 4 is 81.3 Å². The van der Waals surface area contributed by atoms with Gasteiger partial charge in [0.25, 0.3) is 5.91 Å². The van der Waals surface area contributed by atoms with Gasteiger partial charge in [-0.15, -0.1) is 0 Å². The average Bonchev–Trinajstić information content (AvgIpc) is 2.56. The third kappa shape index (κ3) is 5.15. The van der Waals surface area contributed by atoms with E-state index in [9.17, 15) is 14.7 Å². The second-order valence-corrected chi connectivity index (χ2v) is 7.09. The molecule has 1 amide bonds. The first-order valence-electron chi connectivity index (χ1n) is 7.01. The topological polar surface area (TPSA) is 87.7 Å². The van der Waals surface area contributed by atoms with E-state index in [0.29, 0.717) is 0 Å². The van der Waals surface area contributed by atoms with Crippen LogP contribution in [0.5, 0.6) is 5.75 Å². The smallest absolute Gasteiger partial charge is 0.337 e. The first kappa shape index (κ1) is 21.5. The molecule has 0 spiro atoms. The first-order chi connectivity index (χ1) is 12.6. The predicted molar refractivity (Wildman–Crippen MR) is 110 cm³/mol. The molecule has 2 rings (SSSR count). The maximum absolute atomic E-state index is 12.5. The highest BCUT2D eigenvalue weighted by molar-refractivity contribution is 7.80. The molecular formula is C16H10Cl4N2O4S. The summed E-state index contributed by atoms with van der Waals surface area (Å²) in [6, 6.07) is 5.30. The quantitative estimate of drug-likeness (QED) is 0.540. The predicted octanol–water partition coefficient (Wildman–Crippen LogP) is 5.13. The summed E-state index contributed by atoms with van der Waals surface area (Å²) in [6.45, 7) is 0. The van der Waals surface area contributed by atoms with E-state index in [2.05, 4.69) is 10.6 Å². The summed E-state index contributed by atoms with van der Waals surface area (Å²) in [7, 11) is 1.34. The summed E-state index contributed by atoms with van der Waals surface area (Å²) in [5.41, 5.74) is -0.192. The monoisotopic (exact) mass is 466 g/mol. The van der Waals surface area contributed by atoms with Gasteiger partial charge < -0.3 is 15.2 Å². The minimum atomic E-state index is -1.28. The Hall–Kier alpha value is -1.77. The van der Waals surface area contributed by atoms with Crippen LogP contribution < -0.4 is 15.4 Å². The number of ether oxygens (including phenoxy) is 1. The van der Waals surface area contributed by atoms with Gasteiger partial charge in [0.1, 0.15) is 5.75 Å². The fourth-order valence-corrected chi connectivity index (χ4v) is 3.43. The first-order valence-corrected chi connectivity index (χ1v) is 8.93. The maximum Gasteiger partial charge on any atom is 0.337 e. The molecule has 0 saturated heterocycles. The number of anilines is 1. The van der Waals surface area contributed by atoms with Crippen LogP contribution in [0.4, 0.5) is 5.69 Å². The number of carbonyl (C=O) groups excluding carboxylic acids is 1. The van der Waals surface area contributed by atoms with Crippen molar-refractivity contribution in [2.45, 2.75) is 0 Å². The number of aromatic carboxylic acids is 1. The van der Waals surface area contributed by atoms with Crippen molar-refractivity contribution in [1.29, 1.82) is 0 Å². The van der Waals surface area contributed by atoms with E-state index in [1.807, 2.05) is 0 Å². The van der Waals surface area contributed by atoms with Crippen LogP contribution in [0, 0.1) is 0 Å². The van der Waals surface area contributed by atoms with E-state index in [1.165, 1.54) is 31.4 Å². The Morgan fingerprint density at radius 1 is 1.00 bits per heavy atom. The normalized spacial score (nSPS) is 10.3. The van der Waals surface area contributed by atoms with Crippen molar-refractivity contribution in [2.75, 3.05) is 12.4 Å².